The third-order valence-electron chi connectivity index (χ3n) is 6.22. The maximum Gasteiger partial charge on any atom is 0.344 e. The fraction of sp³-hybridized carbons (Fsp3) is 0.310. The van der Waals surface area contributed by atoms with E-state index in [0.29, 0.717) is 41.1 Å². The number of carbonyl (C=O) groups excluding carboxylic acids is 2. The number of piperazine rings is 1. The summed E-state index contributed by atoms with van der Waals surface area (Å²) in [5, 5.41) is 1.06. The van der Waals surface area contributed by atoms with Gasteiger partial charge in [-0.3, -0.25) is 4.79 Å². The SMILES string of the molecule is CN1CCN(C(=O)COc2ccc(Cl)cc2Cc2cc(Cl)ccc2OCC(=O)OCc2ccccc2)CC1. The lowest BCUT2D eigenvalue weighted by Gasteiger charge is -2.32. The Balaban J connectivity index is 1.40. The van der Waals surface area contributed by atoms with Gasteiger partial charge >= 0.3 is 5.97 Å². The van der Waals surface area contributed by atoms with E-state index in [1.807, 2.05) is 42.3 Å². The first-order chi connectivity index (χ1) is 18.4. The van der Waals surface area contributed by atoms with Crippen LogP contribution in [0.1, 0.15) is 16.7 Å². The van der Waals surface area contributed by atoms with Gasteiger partial charge in [0.05, 0.1) is 0 Å². The second-order valence-corrected chi connectivity index (χ2v) is 9.96. The Bertz CT molecular complexity index is 1250. The Hall–Kier alpha value is -3.26. The molecule has 0 spiro atoms. The van der Waals surface area contributed by atoms with E-state index in [4.69, 9.17) is 37.4 Å². The number of amides is 1. The third-order valence-corrected chi connectivity index (χ3v) is 6.69. The van der Waals surface area contributed by atoms with Crippen LogP contribution in [0.25, 0.3) is 0 Å². The number of benzene rings is 3. The molecule has 0 unspecified atom stereocenters. The summed E-state index contributed by atoms with van der Waals surface area (Å²) in [4.78, 5) is 29.0. The maximum atomic E-state index is 12.7. The average Bonchev–Trinajstić information content (AvgIpc) is 2.92. The van der Waals surface area contributed by atoms with Crippen molar-refractivity contribution >= 4 is 35.1 Å². The fourth-order valence-corrected chi connectivity index (χ4v) is 4.45. The van der Waals surface area contributed by atoms with Gasteiger partial charge in [-0.15, -0.1) is 0 Å². The second kappa shape index (κ2) is 13.5. The van der Waals surface area contributed by atoms with E-state index in [-0.39, 0.29) is 25.7 Å². The molecule has 200 valence electrons. The van der Waals surface area contributed by atoms with Crippen LogP contribution in [-0.4, -0.2) is 68.1 Å². The minimum absolute atomic E-state index is 0.0557. The number of nitrogens with zero attached hydrogens (tertiary/aromatic N) is 2. The highest BCUT2D eigenvalue weighted by Gasteiger charge is 2.20. The molecule has 9 heteroatoms. The van der Waals surface area contributed by atoms with E-state index in [9.17, 15) is 9.59 Å². The number of likely N-dealkylation sites (N-methyl/N-ethyl adjacent to an activating group) is 1. The van der Waals surface area contributed by atoms with Gasteiger partial charge in [-0.25, -0.2) is 4.79 Å². The number of esters is 1. The first-order valence-corrected chi connectivity index (χ1v) is 13.1. The summed E-state index contributed by atoms with van der Waals surface area (Å²) in [5.74, 6) is 0.499. The second-order valence-electron chi connectivity index (χ2n) is 9.09. The molecule has 1 saturated heterocycles. The predicted molar refractivity (Wildman–Crippen MR) is 147 cm³/mol. The Morgan fingerprint density at radius 2 is 1.37 bits per heavy atom. The number of hydrogen-bond donors (Lipinski definition) is 0. The number of carbonyl (C=O) groups is 2. The van der Waals surface area contributed by atoms with Crippen LogP contribution >= 0.6 is 23.2 Å². The predicted octanol–water partition coefficient (Wildman–Crippen LogP) is 4.86. The van der Waals surface area contributed by atoms with Crippen LogP contribution in [0.15, 0.2) is 66.7 Å². The van der Waals surface area contributed by atoms with E-state index in [0.717, 1.165) is 29.8 Å². The van der Waals surface area contributed by atoms with Crippen molar-refractivity contribution in [1.29, 1.82) is 0 Å². The minimum Gasteiger partial charge on any atom is -0.483 e. The van der Waals surface area contributed by atoms with Gasteiger partial charge in [-0.2, -0.15) is 0 Å². The molecule has 0 saturated carbocycles. The van der Waals surface area contributed by atoms with Crippen molar-refractivity contribution < 1.29 is 23.8 Å². The molecule has 0 N–H and O–H groups in total. The van der Waals surface area contributed by atoms with Crippen molar-refractivity contribution in [3.8, 4) is 11.5 Å². The van der Waals surface area contributed by atoms with Gasteiger partial charge in [0.2, 0.25) is 0 Å². The van der Waals surface area contributed by atoms with Crippen LogP contribution < -0.4 is 9.47 Å². The molecular formula is C29H30Cl2N2O5. The van der Waals surface area contributed by atoms with Crippen molar-refractivity contribution in [2.24, 2.45) is 0 Å². The van der Waals surface area contributed by atoms with Crippen LogP contribution in [0.3, 0.4) is 0 Å². The number of ether oxygens (including phenoxy) is 3. The number of hydrogen-bond acceptors (Lipinski definition) is 6. The first-order valence-electron chi connectivity index (χ1n) is 12.4. The summed E-state index contributed by atoms with van der Waals surface area (Å²) < 4.78 is 17.0. The van der Waals surface area contributed by atoms with Crippen molar-refractivity contribution in [3.63, 3.8) is 0 Å². The maximum absolute atomic E-state index is 12.7. The summed E-state index contributed by atoms with van der Waals surface area (Å²) in [5.41, 5.74) is 2.40. The van der Waals surface area contributed by atoms with Gasteiger partial charge in [0.25, 0.3) is 5.91 Å². The zero-order chi connectivity index (χ0) is 26.9. The Morgan fingerprint density at radius 3 is 1.97 bits per heavy atom. The van der Waals surface area contributed by atoms with Crippen molar-refractivity contribution in [3.05, 3.63) is 93.5 Å². The lowest BCUT2D eigenvalue weighted by molar-refractivity contribution is -0.147. The highest BCUT2D eigenvalue weighted by molar-refractivity contribution is 6.31. The molecular weight excluding hydrogens is 527 g/mol. The van der Waals surface area contributed by atoms with Gasteiger partial charge < -0.3 is 24.0 Å². The van der Waals surface area contributed by atoms with Crippen LogP contribution in [0.4, 0.5) is 0 Å². The monoisotopic (exact) mass is 556 g/mol. The summed E-state index contributed by atoms with van der Waals surface area (Å²) in [7, 11) is 2.04. The normalized spacial score (nSPS) is 13.7. The highest BCUT2D eigenvalue weighted by Crippen LogP contribution is 2.31. The molecule has 0 radical (unpaired) electrons. The summed E-state index contributed by atoms with van der Waals surface area (Å²) >= 11 is 12.6. The molecule has 38 heavy (non-hydrogen) atoms. The fourth-order valence-electron chi connectivity index (χ4n) is 4.06. The zero-order valence-electron chi connectivity index (χ0n) is 21.2. The smallest absolute Gasteiger partial charge is 0.344 e. The van der Waals surface area contributed by atoms with Gasteiger partial charge in [-0.1, -0.05) is 53.5 Å². The molecule has 0 aliphatic carbocycles. The highest BCUT2D eigenvalue weighted by atomic mass is 35.5. The van der Waals surface area contributed by atoms with Gasteiger partial charge in [0.15, 0.2) is 13.2 Å². The van der Waals surface area contributed by atoms with Crippen LogP contribution in [0, 0.1) is 0 Å². The molecule has 0 aromatic heterocycles. The molecule has 1 fully saturated rings. The molecule has 1 heterocycles. The van der Waals surface area contributed by atoms with Gasteiger partial charge in [-0.05, 0) is 49.0 Å². The zero-order valence-corrected chi connectivity index (χ0v) is 22.7. The first kappa shape index (κ1) is 27.8. The average molecular weight is 557 g/mol. The molecule has 3 aromatic carbocycles. The summed E-state index contributed by atoms with van der Waals surface area (Å²) in [6.45, 7) is 2.91. The number of halogens is 2. The molecule has 4 rings (SSSR count). The molecule has 3 aromatic rings. The molecule has 1 aliphatic rings. The molecule has 7 nitrogen and oxygen atoms in total. The van der Waals surface area contributed by atoms with Crippen molar-refractivity contribution in [2.45, 2.75) is 13.0 Å². The Labute approximate surface area is 232 Å². The third kappa shape index (κ3) is 8.12. The quantitative estimate of drug-likeness (QED) is 0.332. The van der Waals surface area contributed by atoms with E-state index in [1.165, 1.54) is 0 Å². The lowest BCUT2D eigenvalue weighted by atomic mass is 10.0. The topological polar surface area (TPSA) is 68.3 Å². The van der Waals surface area contributed by atoms with Gasteiger partial charge in [0.1, 0.15) is 18.1 Å². The van der Waals surface area contributed by atoms with E-state index >= 15 is 0 Å². The van der Waals surface area contributed by atoms with E-state index in [2.05, 4.69) is 4.90 Å². The molecule has 1 aliphatic heterocycles. The Kier molecular flexibility index (Phi) is 9.87. The largest absolute Gasteiger partial charge is 0.483 e. The van der Waals surface area contributed by atoms with E-state index in [1.54, 1.807) is 36.4 Å². The Morgan fingerprint density at radius 1 is 0.789 bits per heavy atom. The van der Waals surface area contributed by atoms with Gasteiger partial charge in [0, 0.05) is 53.8 Å². The minimum atomic E-state index is -0.482. The summed E-state index contributed by atoms with van der Waals surface area (Å²) in [6, 6.07) is 19.9. The molecule has 0 atom stereocenters. The number of rotatable bonds is 10. The van der Waals surface area contributed by atoms with Crippen molar-refractivity contribution in [1.82, 2.24) is 9.80 Å². The van der Waals surface area contributed by atoms with Crippen LogP contribution in [-0.2, 0) is 27.4 Å². The van der Waals surface area contributed by atoms with Crippen LogP contribution in [0.2, 0.25) is 10.0 Å². The molecule has 0 bridgehead atoms. The molecule has 1 amide bonds. The van der Waals surface area contributed by atoms with E-state index < -0.39 is 5.97 Å². The standard InChI is InChI=1S/C29H30Cl2N2O5/c1-32-11-13-33(14-12-32)28(34)19-36-26-9-7-24(30)16-22(26)15-23-17-25(31)8-10-27(23)37-20-29(35)38-18-21-5-3-2-4-6-21/h2-10,16-17H,11-15,18-20H2,1H3. The van der Waals surface area contributed by atoms with Crippen molar-refractivity contribution in [2.75, 3.05) is 46.4 Å². The van der Waals surface area contributed by atoms with Crippen LogP contribution in [0.5, 0.6) is 11.5 Å². The lowest BCUT2D eigenvalue weighted by Crippen LogP contribution is -2.48. The summed E-state index contributed by atoms with van der Waals surface area (Å²) in [6.07, 6.45) is 0.369.